The molecule has 2 aromatic rings. The molecule has 1 N–H and O–H groups in total. The van der Waals surface area contributed by atoms with Gasteiger partial charge in [0, 0.05) is 30.0 Å². The quantitative estimate of drug-likeness (QED) is 0.410. The minimum absolute atomic E-state index is 0.0316. The number of carbonyl (C=O) groups is 2. The molecule has 1 atom stereocenters. The first-order valence-electron chi connectivity index (χ1n) is 10.6. The van der Waals surface area contributed by atoms with Crippen molar-refractivity contribution in [3.05, 3.63) is 69.8 Å². The predicted molar refractivity (Wildman–Crippen MR) is 130 cm³/mol. The number of methoxy groups -OCH3 is 1. The third-order valence-corrected chi connectivity index (χ3v) is 5.81. The molecule has 0 spiro atoms. The highest BCUT2D eigenvalue weighted by Crippen LogP contribution is 2.20. The van der Waals surface area contributed by atoms with E-state index >= 15 is 0 Å². The SMILES string of the molecule is COc1ccc(CN(C(=O)CSCc2ccc([N+](=O)[O-])cc2)C(C)C(=O)NC(C)(C)C)cc1. The number of hydrogen-bond donors (Lipinski definition) is 1. The van der Waals surface area contributed by atoms with E-state index < -0.39 is 16.5 Å². The van der Waals surface area contributed by atoms with Crippen LogP contribution in [0.15, 0.2) is 48.5 Å². The van der Waals surface area contributed by atoms with Crippen LogP contribution >= 0.6 is 11.8 Å². The van der Waals surface area contributed by atoms with Crippen molar-refractivity contribution in [2.75, 3.05) is 12.9 Å². The third-order valence-electron chi connectivity index (χ3n) is 4.82. The number of non-ortho nitro benzene ring substituents is 1. The Bertz CT molecular complexity index is 956. The maximum atomic E-state index is 13.1. The highest BCUT2D eigenvalue weighted by atomic mass is 32.2. The fraction of sp³-hybridized carbons (Fsp3) is 0.417. The Morgan fingerprint density at radius 2 is 1.67 bits per heavy atom. The van der Waals surface area contributed by atoms with Gasteiger partial charge in [0.05, 0.1) is 17.8 Å². The number of ether oxygens (including phenoxy) is 1. The van der Waals surface area contributed by atoms with Crippen molar-refractivity contribution in [2.24, 2.45) is 0 Å². The summed E-state index contributed by atoms with van der Waals surface area (Å²) < 4.78 is 5.19. The molecule has 2 amide bonds. The van der Waals surface area contributed by atoms with Crippen LogP contribution in [-0.4, -0.2) is 46.1 Å². The third kappa shape index (κ3) is 8.42. The van der Waals surface area contributed by atoms with Gasteiger partial charge in [-0.1, -0.05) is 24.3 Å². The summed E-state index contributed by atoms with van der Waals surface area (Å²) >= 11 is 1.40. The van der Waals surface area contributed by atoms with E-state index in [1.54, 1.807) is 31.1 Å². The molecule has 0 aliphatic carbocycles. The van der Waals surface area contributed by atoms with E-state index in [2.05, 4.69) is 5.32 Å². The van der Waals surface area contributed by atoms with Gasteiger partial charge in [-0.15, -0.1) is 11.8 Å². The Labute approximate surface area is 198 Å². The minimum Gasteiger partial charge on any atom is -0.497 e. The average molecular weight is 474 g/mol. The molecule has 0 saturated heterocycles. The zero-order valence-electron chi connectivity index (χ0n) is 19.7. The number of thioether (sulfide) groups is 1. The van der Waals surface area contributed by atoms with Gasteiger partial charge in [-0.3, -0.25) is 19.7 Å². The number of nitrogens with one attached hydrogen (secondary N) is 1. The Kier molecular flexibility index (Phi) is 9.28. The second-order valence-corrected chi connectivity index (χ2v) is 9.69. The molecule has 0 saturated carbocycles. The summed E-state index contributed by atoms with van der Waals surface area (Å²) in [7, 11) is 1.59. The van der Waals surface area contributed by atoms with Gasteiger partial charge in [-0.25, -0.2) is 0 Å². The number of nitro groups is 1. The first-order chi connectivity index (χ1) is 15.5. The molecule has 2 rings (SSSR count). The van der Waals surface area contributed by atoms with Crippen LogP contribution in [0.4, 0.5) is 5.69 Å². The highest BCUT2D eigenvalue weighted by molar-refractivity contribution is 7.99. The molecule has 9 heteroatoms. The number of benzene rings is 2. The maximum Gasteiger partial charge on any atom is 0.269 e. The number of amides is 2. The van der Waals surface area contributed by atoms with E-state index in [0.29, 0.717) is 18.0 Å². The van der Waals surface area contributed by atoms with Crippen molar-refractivity contribution in [1.82, 2.24) is 10.2 Å². The van der Waals surface area contributed by atoms with Crippen molar-refractivity contribution < 1.29 is 19.2 Å². The molecule has 0 radical (unpaired) electrons. The lowest BCUT2D eigenvalue weighted by Crippen LogP contribution is -2.52. The van der Waals surface area contributed by atoms with Crippen LogP contribution in [0.25, 0.3) is 0 Å². The minimum atomic E-state index is -0.654. The van der Waals surface area contributed by atoms with E-state index in [0.717, 1.165) is 11.1 Å². The van der Waals surface area contributed by atoms with E-state index in [9.17, 15) is 19.7 Å². The number of nitro benzene ring substituents is 1. The number of rotatable bonds is 10. The topological polar surface area (TPSA) is 102 Å². The van der Waals surface area contributed by atoms with Crippen molar-refractivity contribution >= 4 is 29.3 Å². The monoisotopic (exact) mass is 473 g/mol. The Morgan fingerprint density at radius 3 is 2.18 bits per heavy atom. The molecule has 2 aromatic carbocycles. The molecule has 8 nitrogen and oxygen atoms in total. The number of carbonyl (C=O) groups excluding carboxylic acids is 2. The van der Waals surface area contributed by atoms with E-state index in [-0.39, 0.29) is 23.3 Å². The molecule has 0 aromatic heterocycles. The molecular weight excluding hydrogens is 442 g/mol. The molecule has 1 unspecified atom stereocenters. The summed E-state index contributed by atoms with van der Waals surface area (Å²) in [6, 6.07) is 13.0. The van der Waals surface area contributed by atoms with Crippen LogP contribution in [0, 0.1) is 10.1 Å². The lowest BCUT2D eigenvalue weighted by Gasteiger charge is -2.31. The van der Waals surface area contributed by atoms with Crippen LogP contribution in [0.5, 0.6) is 5.75 Å². The van der Waals surface area contributed by atoms with Gasteiger partial charge >= 0.3 is 0 Å². The van der Waals surface area contributed by atoms with Gasteiger partial charge in [0.15, 0.2) is 0 Å². The first kappa shape index (κ1) is 26.2. The predicted octanol–water partition coefficient (Wildman–Crippen LogP) is 4.17. The van der Waals surface area contributed by atoms with Crippen LogP contribution in [0.1, 0.15) is 38.8 Å². The van der Waals surface area contributed by atoms with Crippen molar-refractivity contribution in [3.63, 3.8) is 0 Å². The van der Waals surface area contributed by atoms with Gasteiger partial charge < -0.3 is 15.0 Å². The second-order valence-electron chi connectivity index (χ2n) is 8.70. The summed E-state index contributed by atoms with van der Waals surface area (Å²) in [4.78, 5) is 37.8. The first-order valence-corrected chi connectivity index (χ1v) is 11.7. The van der Waals surface area contributed by atoms with E-state index in [1.165, 1.54) is 23.9 Å². The van der Waals surface area contributed by atoms with Gasteiger partial charge in [-0.05, 0) is 51.0 Å². The molecule has 0 heterocycles. The normalized spacial score (nSPS) is 12.0. The lowest BCUT2D eigenvalue weighted by atomic mass is 10.1. The molecule has 0 fully saturated rings. The number of nitrogens with zero attached hydrogens (tertiary/aromatic N) is 2. The summed E-state index contributed by atoms with van der Waals surface area (Å²) in [5.74, 6) is 1.05. The van der Waals surface area contributed by atoms with Crippen LogP contribution < -0.4 is 10.1 Å². The summed E-state index contributed by atoms with van der Waals surface area (Å²) in [6.07, 6.45) is 0. The standard InChI is InChI=1S/C24H31N3O5S/c1-17(23(29)25-24(2,3)4)26(14-18-8-12-21(32-5)13-9-18)22(28)16-33-15-19-6-10-20(11-7-19)27(30)31/h6-13,17H,14-16H2,1-5H3,(H,25,29). The average Bonchev–Trinajstić information content (AvgIpc) is 2.76. The Balaban J connectivity index is 2.08. The largest absolute Gasteiger partial charge is 0.497 e. The Hall–Kier alpha value is -3.07. The molecular formula is C24H31N3O5S. The maximum absolute atomic E-state index is 13.1. The fourth-order valence-corrected chi connectivity index (χ4v) is 3.91. The summed E-state index contributed by atoms with van der Waals surface area (Å²) in [5.41, 5.74) is 1.40. The Morgan fingerprint density at radius 1 is 1.09 bits per heavy atom. The molecule has 0 bridgehead atoms. The van der Waals surface area contributed by atoms with Crippen LogP contribution in [0.3, 0.4) is 0 Å². The van der Waals surface area contributed by atoms with Crippen LogP contribution in [0.2, 0.25) is 0 Å². The van der Waals surface area contributed by atoms with Crippen LogP contribution in [-0.2, 0) is 21.9 Å². The summed E-state index contributed by atoms with van der Waals surface area (Å²) in [6.45, 7) is 7.71. The van der Waals surface area contributed by atoms with E-state index in [1.807, 2.05) is 45.0 Å². The molecule has 0 aliphatic heterocycles. The zero-order chi connectivity index (χ0) is 24.6. The second kappa shape index (κ2) is 11.7. The van der Waals surface area contributed by atoms with Gasteiger partial charge in [0.1, 0.15) is 11.8 Å². The smallest absolute Gasteiger partial charge is 0.269 e. The van der Waals surface area contributed by atoms with Crippen molar-refractivity contribution in [3.8, 4) is 5.75 Å². The molecule has 178 valence electrons. The molecule has 0 aliphatic rings. The van der Waals surface area contributed by atoms with E-state index in [4.69, 9.17) is 4.74 Å². The zero-order valence-corrected chi connectivity index (χ0v) is 20.5. The van der Waals surface area contributed by atoms with Gasteiger partial charge in [0.25, 0.3) is 5.69 Å². The van der Waals surface area contributed by atoms with Gasteiger partial charge in [-0.2, -0.15) is 0 Å². The fourth-order valence-electron chi connectivity index (χ4n) is 3.04. The number of hydrogen-bond acceptors (Lipinski definition) is 6. The van der Waals surface area contributed by atoms with Crippen molar-refractivity contribution in [2.45, 2.75) is 51.6 Å². The van der Waals surface area contributed by atoms with Crippen molar-refractivity contribution in [1.29, 1.82) is 0 Å². The van der Waals surface area contributed by atoms with Gasteiger partial charge in [0.2, 0.25) is 11.8 Å². The lowest BCUT2D eigenvalue weighted by molar-refractivity contribution is -0.384. The summed E-state index contributed by atoms with van der Waals surface area (Å²) in [5, 5.41) is 13.7. The molecule has 33 heavy (non-hydrogen) atoms. The highest BCUT2D eigenvalue weighted by Gasteiger charge is 2.28.